The van der Waals surface area contributed by atoms with Gasteiger partial charge in [0.1, 0.15) is 0 Å². The lowest BCUT2D eigenvalue weighted by Crippen LogP contribution is -2.16. The Labute approximate surface area is 113 Å². The molecule has 0 amide bonds. The number of benzene rings is 1. The van der Waals surface area contributed by atoms with Crippen LogP contribution >= 0.6 is 11.3 Å². The van der Waals surface area contributed by atoms with Gasteiger partial charge < -0.3 is 5.32 Å². The third-order valence-electron chi connectivity index (χ3n) is 2.61. The third kappa shape index (κ3) is 3.78. The SMILES string of the molecule is Cc1ncc(CNCc2ccccc2C(F)(F)F)s1. The predicted octanol–water partition coefficient (Wildman–Crippen LogP) is 3.76. The van der Waals surface area contributed by atoms with Gasteiger partial charge in [0, 0.05) is 24.2 Å². The van der Waals surface area contributed by atoms with Crippen LogP contribution in [0, 0.1) is 6.92 Å². The fraction of sp³-hybridized carbons (Fsp3) is 0.308. The topological polar surface area (TPSA) is 24.9 Å². The normalized spacial score (nSPS) is 11.8. The summed E-state index contributed by atoms with van der Waals surface area (Å²) in [5.74, 6) is 0. The Morgan fingerprint density at radius 1 is 1.21 bits per heavy atom. The lowest BCUT2D eigenvalue weighted by molar-refractivity contribution is -0.138. The smallest absolute Gasteiger partial charge is 0.308 e. The highest BCUT2D eigenvalue weighted by molar-refractivity contribution is 7.11. The second kappa shape index (κ2) is 5.71. The van der Waals surface area contributed by atoms with E-state index in [1.165, 1.54) is 23.5 Å². The summed E-state index contributed by atoms with van der Waals surface area (Å²) in [6, 6.07) is 5.61. The van der Waals surface area contributed by atoms with Crippen molar-refractivity contribution in [3.63, 3.8) is 0 Å². The van der Waals surface area contributed by atoms with Crippen LogP contribution in [-0.4, -0.2) is 4.98 Å². The molecule has 0 aliphatic carbocycles. The van der Waals surface area contributed by atoms with Crippen LogP contribution in [0.5, 0.6) is 0 Å². The molecule has 0 radical (unpaired) electrons. The number of nitrogens with zero attached hydrogens (tertiary/aromatic N) is 1. The summed E-state index contributed by atoms with van der Waals surface area (Å²) < 4.78 is 38.3. The van der Waals surface area contributed by atoms with Crippen molar-refractivity contribution >= 4 is 11.3 Å². The highest BCUT2D eigenvalue weighted by Gasteiger charge is 2.32. The van der Waals surface area contributed by atoms with Gasteiger partial charge in [0.2, 0.25) is 0 Å². The molecule has 6 heteroatoms. The van der Waals surface area contributed by atoms with E-state index in [0.29, 0.717) is 6.54 Å². The number of aromatic nitrogens is 1. The van der Waals surface area contributed by atoms with Crippen LogP contribution in [-0.2, 0) is 19.3 Å². The molecule has 0 unspecified atom stereocenters. The minimum Gasteiger partial charge on any atom is -0.308 e. The minimum absolute atomic E-state index is 0.187. The van der Waals surface area contributed by atoms with Gasteiger partial charge in [0.15, 0.2) is 0 Å². The largest absolute Gasteiger partial charge is 0.416 e. The van der Waals surface area contributed by atoms with Crippen LogP contribution in [0.2, 0.25) is 0 Å². The highest BCUT2D eigenvalue weighted by Crippen LogP contribution is 2.31. The average molecular weight is 286 g/mol. The molecule has 0 fully saturated rings. The molecule has 0 bridgehead atoms. The fourth-order valence-corrected chi connectivity index (χ4v) is 2.52. The van der Waals surface area contributed by atoms with Gasteiger partial charge >= 0.3 is 6.18 Å². The summed E-state index contributed by atoms with van der Waals surface area (Å²) in [7, 11) is 0. The summed E-state index contributed by atoms with van der Waals surface area (Å²) in [4.78, 5) is 5.11. The Hall–Kier alpha value is -1.40. The quantitative estimate of drug-likeness (QED) is 0.925. The number of alkyl halides is 3. The molecule has 0 aliphatic rings. The van der Waals surface area contributed by atoms with E-state index in [4.69, 9.17) is 0 Å². The molecular formula is C13H13F3N2S. The van der Waals surface area contributed by atoms with Crippen molar-refractivity contribution in [2.24, 2.45) is 0 Å². The van der Waals surface area contributed by atoms with Crippen molar-refractivity contribution in [3.8, 4) is 0 Å². The van der Waals surface area contributed by atoms with Crippen LogP contribution < -0.4 is 5.32 Å². The van der Waals surface area contributed by atoms with E-state index >= 15 is 0 Å². The van der Waals surface area contributed by atoms with Gasteiger partial charge in [-0.2, -0.15) is 13.2 Å². The summed E-state index contributed by atoms with van der Waals surface area (Å²) in [6.07, 6.45) is -2.57. The maximum absolute atomic E-state index is 12.8. The molecular weight excluding hydrogens is 273 g/mol. The van der Waals surface area contributed by atoms with Crippen LogP contribution in [0.3, 0.4) is 0 Å². The van der Waals surface area contributed by atoms with E-state index in [1.807, 2.05) is 6.92 Å². The first-order valence-corrected chi connectivity index (χ1v) is 6.55. The van der Waals surface area contributed by atoms with Crippen molar-refractivity contribution < 1.29 is 13.2 Å². The van der Waals surface area contributed by atoms with Crippen molar-refractivity contribution in [1.82, 2.24) is 10.3 Å². The number of hydrogen-bond donors (Lipinski definition) is 1. The second-order valence-electron chi connectivity index (χ2n) is 4.10. The zero-order chi connectivity index (χ0) is 13.9. The molecule has 2 aromatic rings. The molecule has 1 N–H and O–H groups in total. The molecule has 0 saturated heterocycles. The van der Waals surface area contributed by atoms with E-state index in [1.54, 1.807) is 12.3 Å². The van der Waals surface area contributed by atoms with Crippen molar-refractivity contribution in [3.05, 3.63) is 51.5 Å². The molecule has 0 atom stereocenters. The molecule has 0 saturated carbocycles. The maximum Gasteiger partial charge on any atom is 0.416 e. The Bertz CT molecular complexity index is 549. The number of nitrogens with one attached hydrogen (secondary N) is 1. The zero-order valence-electron chi connectivity index (χ0n) is 10.3. The maximum atomic E-state index is 12.8. The van der Waals surface area contributed by atoms with Gasteiger partial charge in [-0.15, -0.1) is 11.3 Å². The van der Waals surface area contributed by atoms with Crippen LogP contribution in [0.4, 0.5) is 13.2 Å². The molecule has 0 aliphatic heterocycles. The average Bonchev–Trinajstić information content (AvgIpc) is 2.74. The first-order chi connectivity index (χ1) is 8.97. The van der Waals surface area contributed by atoms with Gasteiger partial charge in [-0.3, -0.25) is 0 Å². The van der Waals surface area contributed by atoms with Gasteiger partial charge in [-0.25, -0.2) is 4.98 Å². The molecule has 1 heterocycles. The van der Waals surface area contributed by atoms with Gasteiger partial charge in [-0.05, 0) is 18.6 Å². The lowest BCUT2D eigenvalue weighted by atomic mass is 10.1. The Morgan fingerprint density at radius 3 is 2.58 bits per heavy atom. The summed E-state index contributed by atoms with van der Waals surface area (Å²) >= 11 is 1.54. The Balaban J connectivity index is 2.00. The van der Waals surface area contributed by atoms with Crippen LogP contribution in [0.25, 0.3) is 0 Å². The standard InChI is InChI=1S/C13H13F3N2S/c1-9-18-8-11(19-9)7-17-6-10-4-2-3-5-12(10)13(14,15)16/h2-5,8,17H,6-7H2,1H3. The van der Waals surface area contributed by atoms with Gasteiger partial charge in [-0.1, -0.05) is 18.2 Å². The highest BCUT2D eigenvalue weighted by atomic mass is 32.1. The summed E-state index contributed by atoms with van der Waals surface area (Å²) in [6.45, 7) is 2.61. The number of thiazole rings is 1. The van der Waals surface area contributed by atoms with Crippen LogP contribution in [0.15, 0.2) is 30.5 Å². The summed E-state index contributed by atoms with van der Waals surface area (Å²) in [5.41, 5.74) is -0.320. The van der Waals surface area contributed by atoms with Crippen LogP contribution in [0.1, 0.15) is 21.0 Å². The fourth-order valence-electron chi connectivity index (χ4n) is 1.76. The molecule has 19 heavy (non-hydrogen) atoms. The number of halogens is 3. The predicted molar refractivity (Wildman–Crippen MR) is 68.8 cm³/mol. The molecule has 2 nitrogen and oxygen atoms in total. The zero-order valence-corrected chi connectivity index (χ0v) is 11.1. The third-order valence-corrected chi connectivity index (χ3v) is 3.52. The Kier molecular flexibility index (Phi) is 4.21. The van der Waals surface area contributed by atoms with E-state index in [-0.39, 0.29) is 12.1 Å². The lowest BCUT2D eigenvalue weighted by Gasteiger charge is -2.12. The number of rotatable bonds is 4. The number of hydrogen-bond acceptors (Lipinski definition) is 3. The van der Waals surface area contributed by atoms with E-state index in [0.717, 1.165) is 16.0 Å². The molecule has 1 aromatic carbocycles. The first-order valence-electron chi connectivity index (χ1n) is 5.74. The minimum atomic E-state index is -4.31. The summed E-state index contributed by atoms with van der Waals surface area (Å²) in [5, 5.41) is 3.97. The van der Waals surface area contributed by atoms with Gasteiger partial charge in [0.25, 0.3) is 0 Å². The van der Waals surface area contributed by atoms with Gasteiger partial charge in [0.05, 0.1) is 10.6 Å². The van der Waals surface area contributed by atoms with Crippen molar-refractivity contribution in [2.75, 3.05) is 0 Å². The van der Waals surface area contributed by atoms with E-state index in [9.17, 15) is 13.2 Å². The van der Waals surface area contributed by atoms with Crippen molar-refractivity contribution in [2.45, 2.75) is 26.2 Å². The Morgan fingerprint density at radius 2 is 1.95 bits per heavy atom. The molecule has 1 aromatic heterocycles. The van der Waals surface area contributed by atoms with E-state index in [2.05, 4.69) is 10.3 Å². The van der Waals surface area contributed by atoms with Crippen molar-refractivity contribution in [1.29, 1.82) is 0 Å². The molecule has 102 valence electrons. The number of aryl methyl sites for hydroxylation is 1. The molecule has 2 rings (SSSR count). The second-order valence-corrected chi connectivity index (χ2v) is 5.42. The monoisotopic (exact) mass is 286 g/mol. The molecule has 0 spiro atoms. The first kappa shape index (κ1) is 14.0. The van der Waals surface area contributed by atoms with E-state index < -0.39 is 11.7 Å².